The van der Waals surface area contributed by atoms with Gasteiger partial charge in [-0.2, -0.15) is 0 Å². The zero-order valence-corrected chi connectivity index (χ0v) is 14.9. The van der Waals surface area contributed by atoms with E-state index in [9.17, 15) is 8.42 Å². The smallest absolute Gasteiger partial charge is 0.367 e. The molecule has 1 aliphatic rings. The van der Waals surface area contributed by atoms with Gasteiger partial charge in [-0.25, -0.2) is 20.4 Å². The van der Waals surface area contributed by atoms with Crippen LogP contribution in [0, 0.1) is 12.8 Å². The van der Waals surface area contributed by atoms with Crippen LogP contribution in [-0.4, -0.2) is 20.1 Å². The van der Waals surface area contributed by atoms with Crippen molar-refractivity contribution in [2.24, 2.45) is 0 Å². The predicted octanol–water partition coefficient (Wildman–Crippen LogP) is 0.838. The minimum absolute atomic E-state index is 0. The van der Waals surface area contributed by atoms with Gasteiger partial charge in [0.05, 0.1) is 16.6 Å². The SMILES string of the molecule is Cc1ccc(S(=O)(=O)C=C[C-](C)CCC2OC2(C)C)cc1.[Li+]. The summed E-state index contributed by atoms with van der Waals surface area (Å²) in [6, 6.07) is 6.91. The molecular weight excluding hydrogens is 291 g/mol. The number of hydrogen-bond acceptors (Lipinski definition) is 3. The Balaban J connectivity index is 0.00000242. The summed E-state index contributed by atoms with van der Waals surface area (Å²) < 4.78 is 29.9. The van der Waals surface area contributed by atoms with E-state index in [-0.39, 0.29) is 24.5 Å². The molecule has 22 heavy (non-hydrogen) atoms. The van der Waals surface area contributed by atoms with Gasteiger partial charge in [0, 0.05) is 0 Å². The molecule has 0 radical (unpaired) electrons. The third-order valence-corrected chi connectivity index (χ3v) is 5.27. The van der Waals surface area contributed by atoms with Crippen LogP contribution in [0.1, 0.15) is 39.2 Å². The number of epoxide rings is 1. The van der Waals surface area contributed by atoms with E-state index >= 15 is 0 Å². The second-order valence-electron chi connectivity index (χ2n) is 6.26. The molecule has 1 unspecified atom stereocenters. The molecule has 1 heterocycles. The van der Waals surface area contributed by atoms with E-state index < -0.39 is 9.84 Å². The van der Waals surface area contributed by atoms with Gasteiger partial charge >= 0.3 is 18.9 Å². The molecule has 0 aromatic heterocycles. The van der Waals surface area contributed by atoms with Gasteiger partial charge in [0.15, 0.2) is 0 Å². The molecule has 0 saturated carbocycles. The standard InChI is InChI=1S/C17H23O3S.Li/c1-13-5-8-15(9-6-13)21(18,19)12-11-14(2)7-10-16-17(3,4)20-16;/h5-6,8-9,11-12,16H,7,10H2,1-4H3;/q-1;+1. The van der Waals surface area contributed by atoms with Crippen LogP contribution in [0.25, 0.3) is 0 Å². The van der Waals surface area contributed by atoms with Crippen molar-refractivity contribution in [1.29, 1.82) is 0 Å². The molecule has 1 saturated heterocycles. The Bertz CT molecular complexity index is 618. The molecule has 1 aliphatic heterocycles. The number of rotatable bonds is 6. The van der Waals surface area contributed by atoms with E-state index in [1.807, 2.05) is 26.0 Å². The molecular formula is C17H23LiO3S. The molecule has 3 nitrogen and oxygen atoms in total. The quantitative estimate of drug-likeness (QED) is 0.444. The fourth-order valence-corrected chi connectivity index (χ4v) is 3.28. The maximum atomic E-state index is 12.2. The number of benzene rings is 1. The first-order valence-corrected chi connectivity index (χ1v) is 8.75. The van der Waals surface area contributed by atoms with Gasteiger partial charge in [-0.05, 0) is 39.3 Å². The summed E-state index contributed by atoms with van der Waals surface area (Å²) in [4.78, 5) is 0.337. The van der Waals surface area contributed by atoms with Crippen LogP contribution in [0.5, 0.6) is 0 Å². The molecule has 0 N–H and O–H groups in total. The Labute approximate surface area is 146 Å². The third-order valence-electron chi connectivity index (χ3n) is 3.85. The van der Waals surface area contributed by atoms with Gasteiger partial charge in [-0.3, -0.25) is 0 Å². The van der Waals surface area contributed by atoms with E-state index in [2.05, 4.69) is 13.8 Å². The number of aryl methyl sites for hydroxylation is 1. The van der Waals surface area contributed by atoms with E-state index in [1.54, 1.807) is 18.2 Å². The topological polar surface area (TPSA) is 46.7 Å². The number of sulfone groups is 1. The first kappa shape index (κ1) is 19.4. The van der Waals surface area contributed by atoms with Crippen LogP contribution in [0.2, 0.25) is 0 Å². The Kier molecular flexibility index (Phi) is 6.41. The van der Waals surface area contributed by atoms with Crippen molar-refractivity contribution in [3.05, 3.63) is 47.2 Å². The fourth-order valence-electron chi connectivity index (χ4n) is 2.19. The molecule has 0 bridgehead atoms. The maximum Gasteiger partial charge on any atom is 1.00 e. The first-order chi connectivity index (χ1) is 9.71. The van der Waals surface area contributed by atoms with Crippen molar-refractivity contribution in [3.63, 3.8) is 0 Å². The van der Waals surface area contributed by atoms with E-state index in [4.69, 9.17) is 4.74 Å². The number of allylic oxidation sites excluding steroid dienone is 1. The van der Waals surface area contributed by atoms with Gasteiger partial charge in [0.1, 0.15) is 9.84 Å². The van der Waals surface area contributed by atoms with Crippen LogP contribution in [0.3, 0.4) is 0 Å². The molecule has 0 amide bonds. The molecule has 1 aromatic carbocycles. The Hall–Kier alpha value is -0.663. The molecule has 1 atom stereocenters. The van der Waals surface area contributed by atoms with Gasteiger partial charge < -0.3 is 4.74 Å². The summed E-state index contributed by atoms with van der Waals surface area (Å²) in [5.74, 6) is 1.05. The normalized spacial score (nSPS) is 19.7. The second-order valence-corrected chi connectivity index (χ2v) is 8.09. The van der Waals surface area contributed by atoms with Crippen molar-refractivity contribution in [2.75, 3.05) is 0 Å². The van der Waals surface area contributed by atoms with Gasteiger partial charge in [-0.15, -0.1) is 12.3 Å². The summed E-state index contributed by atoms with van der Waals surface area (Å²) in [7, 11) is -3.35. The third kappa shape index (κ3) is 5.21. The van der Waals surface area contributed by atoms with Gasteiger partial charge in [-0.1, -0.05) is 24.1 Å². The van der Waals surface area contributed by atoms with Crippen molar-refractivity contribution < 1.29 is 32.0 Å². The zero-order chi connectivity index (χ0) is 15.7. The monoisotopic (exact) mass is 314 g/mol. The molecule has 0 spiro atoms. The Morgan fingerprint density at radius 1 is 1.27 bits per heavy atom. The Morgan fingerprint density at radius 2 is 1.82 bits per heavy atom. The van der Waals surface area contributed by atoms with Crippen molar-refractivity contribution >= 4 is 9.84 Å². The number of hydrogen-bond donors (Lipinski definition) is 0. The molecule has 5 heteroatoms. The van der Waals surface area contributed by atoms with Crippen LogP contribution in [0.15, 0.2) is 40.6 Å². The summed E-state index contributed by atoms with van der Waals surface area (Å²) in [6.07, 6.45) is 3.79. The average molecular weight is 314 g/mol. The minimum Gasteiger partial charge on any atom is -0.367 e. The molecule has 1 fully saturated rings. The molecule has 116 valence electrons. The summed E-state index contributed by atoms with van der Waals surface area (Å²) in [6.45, 7) is 8.04. The average Bonchev–Trinajstić information content (AvgIpc) is 3.02. The largest absolute Gasteiger partial charge is 1.00 e. The molecule has 2 rings (SSSR count). The Morgan fingerprint density at radius 3 is 2.32 bits per heavy atom. The summed E-state index contributed by atoms with van der Waals surface area (Å²) in [5, 5.41) is 1.30. The van der Waals surface area contributed by atoms with Gasteiger partial charge in [0.2, 0.25) is 0 Å². The van der Waals surface area contributed by atoms with Crippen LogP contribution < -0.4 is 18.9 Å². The van der Waals surface area contributed by atoms with Crippen LogP contribution in [0.4, 0.5) is 0 Å². The first-order valence-electron chi connectivity index (χ1n) is 7.21. The van der Waals surface area contributed by atoms with Crippen molar-refractivity contribution in [3.8, 4) is 0 Å². The zero-order valence-electron chi connectivity index (χ0n) is 14.1. The minimum atomic E-state index is -3.35. The van der Waals surface area contributed by atoms with E-state index in [0.29, 0.717) is 11.0 Å². The predicted molar refractivity (Wildman–Crippen MR) is 84.6 cm³/mol. The summed E-state index contributed by atoms with van der Waals surface area (Å²) in [5.41, 5.74) is 1.05. The van der Waals surface area contributed by atoms with E-state index in [1.165, 1.54) is 5.41 Å². The molecule has 0 aliphatic carbocycles. The van der Waals surface area contributed by atoms with Gasteiger partial charge in [0.25, 0.3) is 0 Å². The maximum absolute atomic E-state index is 12.2. The fraction of sp³-hybridized carbons (Fsp3) is 0.471. The summed E-state index contributed by atoms with van der Waals surface area (Å²) >= 11 is 0. The van der Waals surface area contributed by atoms with Crippen molar-refractivity contribution in [1.82, 2.24) is 0 Å². The van der Waals surface area contributed by atoms with Crippen molar-refractivity contribution in [2.45, 2.75) is 57.1 Å². The van der Waals surface area contributed by atoms with Crippen LogP contribution in [-0.2, 0) is 14.6 Å². The number of ether oxygens (including phenoxy) is 1. The van der Waals surface area contributed by atoms with E-state index in [0.717, 1.165) is 24.3 Å². The van der Waals surface area contributed by atoms with Crippen LogP contribution >= 0.6 is 0 Å². The second kappa shape index (κ2) is 7.27. The molecule has 1 aromatic rings.